The lowest BCUT2D eigenvalue weighted by Gasteiger charge is -2.26. The monoisotopic (exact) mass is 344 g/mol. The lowest BCUT2D eigenvalue weighted by Crippen LogP contribution is -2.22. The third-order valence-electron chi connectivity index (χ3n) is 5.10. The van der Waals surface area contributed by atoms with Crippen molar-refractivity contribution in [1.29, 1.82) is 0 Å². The number of hydrogen-bond donors (Lipinski definition) is 1. The second-order valence-electron chi connectivity index (χ2n) is 6.81. The number of benzene rings is 2. The zero-order valence-corrected chi connectivity index (χ0v) is 16.1. The van der Waals surface area contributed by atoms with Crippen LogP contribution in [-0.2, 0) is 6.42 Å². The summed E-state index contributed by atoms with van der Waals surface area (Å²) in [5, 5.41) is 3.46. The quantitative estimate of drug-likeness (QED) is 0.695. The van der Waals surface area contributed by atoms with Gasteiger partial charge < -0.3 is 10.2 Å². The van der Waals surface area contributed by atoms with Crippen LogP contribution in [0.1, 0.15) is 30.5 Å². The number of para-hydroxylation sites is 1. The van der Waals surface area contributed by atoms with Crippen LogP contribution in [0.25, 0.3) is 6.08 Å². The molecule has 26 heavy (non-hydrogen) atoms. The van der Waals surface area contributed by atoms with E-state index in [0.29, 0.717) is 0 Å². The zero-order valence-electron chi connectivity index (χ0n) is 16.1. The number of rotatable bonds is 6. The second-order valence-corrected chi connectivity index (χ2v) is 6.81. The van der Waals surface area contributed by atoms with Gasteiger partial charge in [0.1, 0.15) is 0 Å². The third kappa shape index (κ3) is 3.60. The van der Waals surface area contributed by atoms with E-state index < -0.39 is 0 Å². The molecule has 2 heteroatoms. The molecule has 2 aromatic rings. The minimum Gasteiger partial charge on any atom is -0.372 e. The van der Waals surface area contributed by atoms with Crippen LogP contribution in [0, 0.1) is 6.92 Å². The van der Waals surface area contributed by atoms with Gasteiger partial charge in [0.2, 0.25) is 0 Å². The van der Waals surface area contributed by atoms with Gasteiger partial charge in [0.15, 0.2) is 0 Å². The average molecular weight is 345 g/mol. The maximum absolute atomic E-state index is 4.31. The fraction of sp³-hybridized carbons (Fsp3) is 0.250. The molecule has 0 saturated carbocycles. The van der Waals surface area contributed by atoms with Gasteiger partial charge >= 0.3 is 0 Å². The van der Waals surface area contributed by atoms with E-state index in [2.05, 4.69) is 80.6 Å². The smallest absolute Gasteiger partial charge is 0.0413 e. The third-order valence-corrected chi connectivity index (χ3v) is 5.10. The van der Waals surface area contributed by atoms with E-state index in [9.17, 15) is 0 Å². The Hall–Kier alpha value is -2.74. The van der Waals surface area contributed by atoms with E-state index in [1.807, 2.05) is 12.1 Å². The van der Waals surface area contributed by atoms with E-state index in [1.54, 1.807) is 0 Å². The number of aryl methyl sites for hydroxylation is 1. The van der Waals surface area contributed by atoms with Crippen molar-refractivity contribution in [2.45, 2.75) is 27.2 Å². The van der Waals surface area contributed by atoms with Crippen LogP contribution in [0.2, 0.25) is 0 Å². The number of fused-ring (bicyclic) bond motifs is 1. The van der Waals surface area contributed by atoms with Gasteiger partial charge in [-0.25, -0.2) is 0 Å². The molecule has 0 aromatic heterocycles. The van der Waals surface area contributed by atoms with Gasteiger partial charge in [0.25, 0.3) is 0 Å². The summed E-state index contributed by atoms with van der Waals surface area (Å²) in [5.74, 6) is 0. The largest absolute Gasteiger partial charge is 0.372 e. The maximum Gasteiger partial charge on any atom is 0.0413 e. The Morgan fingerprint density at radius 1 is 1.12 bits per heavy atom. The molecule has 0 saturated heterocycles. The summed E-state index contributed by atoms with van der Waals surface area (Å²) in [6.45, 7) is 17.1. The first-order chi connectivity index (χ1) is 12.5. The Bertz CT molecular complexity index is 870. The van der Waals surface area contributed by atoms with Crippen molar-refractivity contribution < 1.29 is 0 Å². The van der Waals surface area contributed by atoms with E-state index in [0.717, 1.165) is 42.0 Å². The van der Waals surface area contributed by atoms with Crippen LogP contribution >= 0.6 is 0 Å². The molecule has 134 valence electrons. The van der Waals surface area contributed by atoms with E-state index in [4.69, 9.17) is 0 Å². The molecule has 2 aromatic carbocycles. The van der Waals surface area contributed by atoms with E-state index in [1.165, 1.54) is 22.4 Å². The summed E-state index contributed by atoms with van der Waals surface area (Å²) in [6.07, 6.45) is 3.07. The highest BCUT2D eigenvalue weighted by Gasteiger charge is 2.17. The Balaban J connectivity index is 1.87. The molecule has 0 amide bonds. The molecule has 1 aliphatic carbocycles. The van der Waals surface area contributed by atoms with Crippen LogP contribution in [0.5, 0.6) is 0 Å². The summed E-state index contributed by atoms with van der Waals surface area (Å²) >= 11 is 0. The molecule has 0 radical (unpaired) electrons. The summed E-state index contributed by atoms with van der Waals surface area (Å²) in [5.41, 5.74) is 9.31. The first-order valence-corrected chi connectivity index (χ1v) is 9.33. The van der Waals surface area contributed by atoms with Crippen LogP contribution in [0.15, 0.2) is 72.5 Å². The van der Waals surface area contributed by atoms with Crippen LogP contribution in [0.3, 0.4) is 0 Å². The van der Waals surface area contributed by atoms with E-state index in [-0.39, 0.29) is 0 Å². The molecular formula is C24H28N2. The topological polar surface area (TPSA) is 15.3 Å². The SMILES string of the molecule is C=C1Cc2cc(N(CC)CC)ccc2C=C1C(=C)Nc1ccccc1C. The van der Waals surface area contributed by atoms with Crippen LogP contribution < -0.4 is 10.2 Å². The van der Waals surface area contributed by atoms with Crippen molar-refractivity contribution in [2.75, 3.05) is 23.3 Å². The molecule has 1 N–H and O–H groups in total. The molecule has 0 aliphatic heterocycles. The number of nitrogens with zero attached hydrogens (tertiary/aromatic N) is 1. The fourth-order valence-corrected chi connectivity index (χ4v) is 3.50. The number of anilines is 2. The number of hydrogen-bond acceptors (Lipinski definition) is 2. The number of nitrogens with one attached hydrogen (secondary N) is 1. The minimum atomic E-state index is 0.866. The highest BCUT2D eigenvalue weighted by molar-refractivity contribution is 5.75. The van der Waals surface area contributed by atoms with E-state index >= 15 is 0 Å². The van der Waals surface area contributed by atoms with Gasteiger partial charge in [0, 0.05) is 35.7 Å². The van der Waals surface area contributed by atoms with Gasteiger partial charge in [-0.1, -0.05) is 37.4 Å². The van der Waals surface area contributed by atoms with Crippen molar-refractivity contribution >= 4 is 17.5 Å². The van der Waals surface area contributed by atoms with Crippen molar-refractivity contribution in [3.63, 3.8) is 0 Å². The predicted octanol–water partition coefficient (Wildman–Crippen LogP) is 5.96. The minimum absolute atomic E-state index is 0.866. The van der Waals surface area contributed by atoms with Gasteiger partial charge in [-0.15, -0.1) is 0 Å². The molecule has 0 fully saturated rings. The lowest BCUT2D eigenvalue weighted by atomic mass is 9.87. The molecule has 0 unspecified atom stereocenters. The molecule has 2 nitrogen and oxygen atoms in total. The first kappa shape index (κ1) is 18.1. The van der Waals surface area contributed by atoms with Gasteiger partial charge in [0.05, 0.1) is 0 Å². The van der Waals surface area contributed by atoms with Gasteiger partial charge in [-0.3, -0.25) is 0 Å². The maximum atomic E-state index is 4.31. The first-order valence-electron chi connectivity index (χ1n) is 9.33. The summed E-state index contributed by atoms with van der Waals surface area (Å²) in [7, 11) is 0. The molecular weight excluding hydrogens is 316 g/mol. The molecule has 0 spiro atoms. The second kappa shape index (κ2) is 7.65. The Labute approximate surface area is 157 Å². The highest BCUT2D eigenvalue weighted by Crippen LogP contribution is 2.33. The fourth-order valence-electron chi connectivity index (χ4n) is 3.50. The number of allylic oxidation sites excluding steroid dienone is 1. The van der Waals surface area contributed by atoms with Crippen LogP contribution in [0.4, 0.5) is 11.4 Å². The Morgan fingerprint density at radius 2 is 1.85 bits per heavy atom. The Kier molecular flexibility index (Phi) is 5.32. The van der Waals surface area contributed by atoms with Crippen molar-refractivity contribution in [3.8, 4) is 0 Å². The summed E-state index contributed by atoms with van der Waals surface area (Å²) in [6, 6.07) is 15.0. The molecule has 0 heterocycles. The van der Waals surface area contributed by atoms with Gasteiger partial charge in [-0.05, 0) is 73.7 Å². The average Bonchev–Trinajstić information content (AvgIpc) is 2.64. The van der Waals surface area contributed by atoms with Crippen molar-refractivity contribution in [1.82, 2.24) is 0 Å². The van der Waals surface area contributed by atoms with Crippen molar-refractivity contribution in [3.05, 3.63) is 89.2 Å². The standard InChI is InChI=1S/C24H28N2/c1-6-26(7-2)22-13-12-20-16-23(18(4)14-21(20)15-22)19(5)25-24-11-9-8-10-17(24)3/h8-13,15-16,25H,4-7,14H2,1-3H3. The van der Waals surface area contributed by atoms with Crippen LogP contribution in [-0.4, -0.2) is 13.1 Å². The molecule has 0 bridgehead atoms. The summed E-state index contributed by atoms with van der Waals surface area (Å²) < 4.78 is 0. The highest BCUT2D eigenvalue weighted by atomic mass is 15.1. The molecule has 0 atom stereocenters. The lowest BCUT2D eigenvalue weighted by molar-refractivity contribution is 0.864. The summed E-state index contributed by atoms with van der Waals surface area (Å²) in [4.78, 5) is 2.38. The normalized spacial score (nSPS) is 13.0. The molecule has 3 rings (SSSR count). The zero-order chi connectivity index (χ0) is 18.7. The van der Waals surface area contributed by atoms with Gasteiger partial charge in [-0.2, -0.15) is 0 Å². The Morgan fingerprint density at radius 3 is 2.54 bits per heavy atom. The van der Waals surface area contributed by atoms with Crippen molar-refractivity contribution in [2.24, 2.45) is 0 Å². The predicted molar refractivity (Wildman–Crippen MR) is 115 cm³/mol. The molecule has 1 aliphatic rings.